The van der Waals surface area contributed by atoms with Crippen molar-refractivity contribution in [2.75, 3.05) is 13.1 Å². The highest BCUT2D eigenvalue weighted by atomic mass is 35.5. The van der Waals surface area contributed by atoms with Gasteiger partial charge in [0.05, 0.1) is 18.9 Å². The zero-order valence-corrected chi connectivity index (χ0v) is 14.4. The van der Waals surface area contributed by atoms with Crippen molar-refractivity contribution in [2.24, 2.45) is 0 Å². The van der Waals surface area contributed by atoms with Gasteiger partial charge in [-0.15, -0.1) is 0 Å². The number of amides is 1. The van der Waals surface area contributed by atoms with Gasteiger partial charge in [-0.2, -0.15) is 4.98 Å². The lowest BCUT2D eigenvalue weighted by Crippen LogP contribution is -2.56. The summed E-state index contributed by atoms with van der Waals surface area (Å²) in [6, 6.07) is 0. The van der Waals surface area contributed by atoms with Crippen LogP contribution in [-0.4, -0.2) is 51.4 Å². The minimum atomic E-state index is -1.74. The Morgan fingerprint density at radius 2 is 2.17 bits per heavy atom. The second-order valence-electron chi connectivity index (χ2n) is 6.76. The minimum absolute atomic E-state index is 0.111. The molecule has 0 radical (unpaired) electrons. The first-order chi connectivity index (χ1) is 10.6. The van der Waals surface area contributed by atoms with E-state index in [0.29, 0.717) is 13.0 Å². The fourth-order valence-corrected chi connectivity index (χ4v) is 2.46. The topological polar surface area (TPSA) is 64.5 Å². The van der Waals surface area contributed by atoms with Crippen molar-refractivity contribution in [2.45, 2.75) is 51.5 Å². The summed E-state index contributed by atoms with van der Waals surface area (Å²) < 4.78 is 25.8. The molecule has 23 heavy (non-hydrogen) atoms. The number of carbonyl (C=O) groups is 1. The molecule has 0 N–H and O–H groups in total. The number of halogens is 2. The Hall–Kier alpha value is -1.63. The Balaban J connectivity index is 2.01. The van der Waals surface area contributed by atoms with Gasteiger partial charge in [0.1, 0.15) is 11.7 Å². The fourth-order valence-electron chi connectivity index (χ4n) is 2.32. The number of carbonyl (C=O) groups excluding carboxylic acids is 1. The molecular formula is C15H21ClFN3O3. The number of hydrogen-bond donors (Lipinski definition) is 0. The number of hydrogen-bond acceptors (Lipinski definition) is 5. The molecule has 1 aliphatic rings. The van der Waals surface area contributed by atoms with Crippen molar-refractivity contribution in [3.05, 3.63) is 17.5 Å². The Morgan fingerprint density at radius 3 is 2.74 bits per heavy atom. The van der Waals surface area contributed by atoms with Crippen molar-refractivity contribution in [1.29, 1.82) is 0 Å². The molecule has 128 valence electrons. The molecule has 0 aromatic carbocycles. The zero-order valence-electron chi connectivity index (χ0n) is 13.7. The third kappa shape index (κ3) is 4.92. The van der Waals surface area contributed by atoms with Gasteiger partial charge in [0, 0.05) is 13.0 Å². The number of alkyl halides is 1. The Morgan fingerprint density at radius 1 is 1.48 bits per heavy atom. The van der Waals surface area contributed by atoms with Gasteiger partial charge in [-0.3, -0.25) is 4.98 Å². The maximum Gasteiger partial charge on any atom is 0.410 e. The van der Waals surface area contributed by atoms with E-state index < -0.39 is 23.5 Å². The lowest BCUT2D eigenvalue weighted by atomic mass is 9.93. The highest BCUT2D eigenvalue weighted by Crippen LogP contribution is 2.29. The largest absolute Gasteiger partial charge is 0.470 e. The molecule has 1 saturated heterocycles. The first kappa shape index (κ1) is 17.7. The average Bonchev–Trinajstić information content (AvgIpc) is 2.39. The van der Waals surface area contributed by atoms with Gasteiger partial charge in [0.25, 0.3) is 0 Å². The first-order valence-corrected chi connectivity index (χ1v) is 7.76. The van der Waals surface area contributed by atoms with Crippen LogP contribution in [0.4, 0.5) is 9.18 Å². The van der Waals surface area contributed by atoms with E-state index in [1.54, 1.807) is 20.8 Å². The summed E-state index contributed by atoms with van der Waals surface area (Å²) >= 11 is 5.74. The maximum atomic E-state index is 14.9. The Bertz CT molecular complexity index is 577. The molecule has 6 nitrogen and oxygen atoms in total. The normalized spacial score (nSPS) is 25.1. The van der Waals surface area contributed by atoms with Crippen LogP contribution in [0.25, 0.3) is 0 Å². The van der Waals surface area contributed by atoms with Crippen LogP contribution >= 0.6 is 11.6 Å². The van der Waals surface area contributed by atoms with E-state index in [4.69, 9.17) is 21.1 Å². The molecule has 2 heterocycles. The molecule has 1 amide bonds. The van der Waals surface area contributed by atoms with Gasteiger partial charge in [0.15, 0.2) is 10.8 Å². The minimum Gasteiger partial charge on any atom is -0.470 e. The number of aromatic nitrogens is 2. The Kier molecular flexibility index (Phi) is 4.98. The number of rotatable bonds is 2. The predicted octanol–water partition coefficient (Wildman–Crippen LogP) is 3.25. The quantitative estimate of drug-likeness (QED) is 0.823. The van der Waals surface area contributed by atoms with Gasteiger partial charge in [-0.25, -0.2) is 9.18 Å². The molecule has 0 saturated carbocycles. The molecule has 0 aliphatic carbocycles. The first-order valence-electron chi connectivity index (χ1n) is 7.38. The van der Waals surface area contributed by atoms with Crippen molar-refractivity contribution in [1.82, 2.24) is 14.9 Å². The monoisotopic (exact) mass is 345 g/mol. The molecule has 0 unspecified atom stereocenters. The van der Waals surface area contributed by atoms with Gasteiger partial charge in [0.2, 0.25) is 5.88 Å². The third-order valence-corrected chi connectivity index (χ3v) is 3.51. The number of piperidine rings is 1. The lowest BCUT2D eigenvalue weighted by Gasteiger charge is -2.40. The van der Waals surface area contributed by atoms with Crippen LogP contribution in [0.15, 0.2) is 12.4 Å². The highest BCUT2D eigenvalue weighted by Gasteiger charge is 2.44. The van der Waals surface area contributed by atoms with E-state index in [9.17, 15) is 9.18 Å². The number of ether oxygens (including phenoxy) is 2. The van der Waals surface area contributed by atoms with E-state index in [0.717, 1.165) is 0 Å². The second kappa shape index (κ2) is 6.47. The van der Waals surface area contributed by atoms with E-state index in [-0.39, 0.29) is 17.6 Å². The van der Waals surface area contributed by atoms with E-state index in [2.05, 4.69) is 9.97 Å². The summed E-state index contributed by atoms with van der Waals surface area (Å²) in [4.78, 5) is 21.2. The van der Waals surface area contributed by atoms with Crippen molar-refractivity contribution in [3.8, 4) is 5.88 Å². The van der Waals surface area contributed by atoms with Crippen LogP contribution in [-0.2, 0) is 4.74 Å². The van der Waals surface area contributed by atoms with Crippen LogP contribution in [0.2, 0.25) is 5.15 Å². The molecule has 8 heteroatoms. The smallest absolute Gasteiger partial charge is 0.410 e. The van der Waals surface area contributed by atoms with Gasteiger partial charge in [-0.05, 0) is 27.7 Å². The van der Waals surface area contributed by atoms with Gasteiger partial charge >= 0.3 is 6.09 Å². The average molecular weight is 346 g/mol. The molecular weight excluding hydrogens is 325 g/mol. The molecule has 1 aromatic heterocycles. The van der Waals surface area contributed by atoms with Crippen molar-refractivity contribution in [3.63, 3.8) is 0 Å². The molecule has 0 spiro atoms. The van der Waals surface area contributed by atoms with E-state index in [1.807, 2.05) is 0 Å². The van der Waals surface area contributed by atoms with Crippen LogP contribution in [0.3, 0.4) is 0 Å². The van der Waals surface area contributed by atoms with Gasteiger partial charge < -0.3 is 14.4 Å². The SMILES string of the molecule is CC(C)(C)OC(=O)N1CC[C@@H](Oc2cncc(Cl)n2)[C@](C)(F)C1. The summed E-state index contributed by atoms with van der Waals surface area (Å²) in [6.07, 6.45) is 1.80. The van der Waals surface area contributed by atoms with E-state index >= 15 is 0 Å². The predicted molar refractivity (Wildman–Crippen MR) is 83.4 cm³/mol. The summed E-state index contributed by atoms with van der Waals surface area (Å²) in [5.41, 5.74) is -2.35. The Labute approximate surface area is 139 Å². The molecule has 1 aromatic rings. The lowest BCUT2D eigenvalue weighted by molar-refractivity contribution is -0.0531. The van der Waals surface area contributed by atoms with Crippen molar-refractivity contribution < 1.29 is 18.7 Å². The summed E-state index contributed by atoms with van der Waals surface area (Å²) in [6.45, 7) is 6.94. The molecule has 0 bridgehead atoms. The number of likely N-dealkylation sites (tertiary alicyclic amines) is 1. The number of nitrogens with zero attached hydrogens (tertiary/aromatic N) is 3. The molecule has 2 rings (SSSR count). The molecule has 2 atom stereocenters. The van der Waals surface area contributed by atoms with E-state index in [1.165, 1.54) is 24.2 Å². The second-order valence-corrected chi connectivity index (χ2v) is 7.14. The maximum absolute atomic E-state index is 14.9. The standard InChI is InChI=1S/C15H21ClFN3O3/c1-14(2,3)23-13(21)20-6-5-10(15(4,17)9-20)22-12-8-18-7-11(16)19-12/h7-8,10H,5-6,9H2,1-4H3/t10-,15-/m1/s1. The third-order valence-electron chi connectivity index (χ3n) is 3.33. The molecule has 1 fully saturated rings. The fraction of sp³-hybridized carbons (Fsp3) is 0.667. The zero-order chi connectivity index (χ0) is 17.3. The van der Waals surface area contributed by atoms with Crippen LogP contribution in [0.5, 0.6) is 5.88 Å². The van der Waals surface area contributed by atoms with Crippen LogP contribution < -0.4 is 4.74 Å². The van der Waals surface area contributed by atoms with Gasteiger partial charge in [-0.1, -0.05) is 11.6 Å². The highest BCUT2D eigenvalue weighted by molar-refractivity contribution is 6.29. The van der Waals surface area contributed by atoms with Crippen molar-refractivity contribution >= 4 is 17.7 Å². The van der Waals surface area contributed by atoms with Crippen LogP contribution in [0, 0.1) is 0 Å². The summed E-state index contributed by atoms with van der Waals surface area (Å²) in [5.74, 6) is 0.164. The molecule has 1 aliphatic heterocycles. The van der Waals surface area contributed by atoms with Crippen LogP contribution in [0.1, 0.15) is 34.1 Å². The summed E-state index contributed by atoms with van der Waals surface area (Å²) in [7, 11) is 0. The summed E-state index contributed by atoms with van der Waals surface area (Å²) in [5, 5.41) is 0.175.